The maximum Gasteiger partial charge on any atom is 0.256 e. The van der Waals surface area contributed by atoms with Crippen LogP contribution in [0.15, 0.2) is 18.2 Å². The highest BCUT2D eigenvalue weighted by Gasteiger charge is 2.42. The van der Waals surface area contributed by atoms with Gasteiger partial charge in [-0.15, -0.1) is 0 Å². The Bertz CT molecular complexity index is 587. The van der Waals surface area contributed by atoms with E-state index in [1.54, 1.807) is 0 Å². The molecule has 1 N–H and O–H groups in total. The first-order valence-electron chi connectivity index (χ1n) is 10.2. The number of carbonyl (C=O) groups excluding carboxylic acids is 1. The van der Waals surface area contributed by atoms with Gasteiger partial charge in [-0.3, -0.25) is 4.79 Å². The van der Waals surface area contributed by atoms with Crippen LogP contribution < -0.4 is 10.1 Å². The highest BCUT2D eigenvalue weighted by atomic mass is 16.5. The van der Waals surface area contributed by atoms with E-state index in [0.29, 0.717) is 12.5 Å². The van der Waals surface area contributed by atoms with E-state index in [-0.39, 0.29) is 5.91 Å². The maximum atomic E-state index is 13.1. The number of aryl methyl sites for hydroxylation is 1. The molecule has 146 valence electrons. The number of carbonyl (C=O) groups is 1. The number of anilines is 1. The second-order valence-corrected chi connectivity index (χ2v) is 7.68. The molecule has 1 aromatic carbocycles. The lowest BCUT2D eigenvalue weighted by Crippen LogP contribution is -2.48. The molecule has 0 spiro atoms. The molecule has 0 aliphatic heterocycles. The molecular formula is C22H35NO3. The molecule has 0 aromatic heterocycles. The van der Waals surface area contributed by atoms with E-state index in [9.17, 15) is 4.79 Å². The Labute approximate surface area is 158 Å². The van der Waals surface area contributed by atoms with Gasteiger partial charge in [0.2, 0.25) is 0 Å². The molecule has 0 unspecified atom stereocenters. The van der Waals surface area contributed by atoms with Crippen LogP contribution in [0, 0.1) is 12.8 Å². The van der Waals surface area contributed by atoms with Crippen LogP contribution in [0.1, 0.15) is 71.3 Å². The fourth-order valence-corrected chi connectivity index (χ4v) is 3.66. The lowest BCUT2D eigenvalue weighted by molar-refractivity contribution is -0.148. The summed E-state index contributed by atoms with van der Waals surface area (Å²) in [4.78, 5) is 13.1. The van der Waals surface area contributed by atoms with Crippen LogP contribution in [0.25, 0.3) is 0 Å². The molecule has 0 bridgehead atoms. The minimum atomic E-state index is -0.683. The van der Waals surface area contributed by atoms with Gasteiger partial charge < -0.3 is 14.8 Å². The van der Waals surface area contributed by atoms with Gasteiger partial charge in [0.25, 0.3) is 5.91 Å². The normalized spacial score (nSPS) is 22.8. The monoisotopic (exact) mass is 361 g/mol. The minimum absolute atomic E-state index is 0.00319. The van der Waals surface area contributed by atoms with E-state index < -0.39 is 5.60 Å². The highest BCUT2D eigenvalue weighted by molar-refractivity contribution is 5.97. The fourth-order valence-electron chi connectivity index (χ4n) is 3.66. The standard InChI is InChI=1S/C22H35NO3/c1-5-7-14-25-20-11-10-19(15-18(20)4)23-21(24)22(26-13-6-2)12-8-9-17(3)16-22/h10-11,15,17H,5-9,12-14,16H2,1-4H3,(H,23,24)/t17-,22-/m0/s1. The van der Waals surface area contributed by atoms with Gasteiger partial charge in [0.05, 0.1) is 6.61 Å². The lowest BCUT2D eigenvalue weighted by atomic mass is 9.78. The first-order chi connectivity index (χ1) is 12.5. The zero-order valence-electron chi connectivity index (χ0n) is 16.9. The number of hydrogen-bond donors (Lipinski definition) is 1. The summed E-state index contributed by atoms with van der Waals surface area (Å²) in [7, 11) is 0. The summed E-state index contributed by atoms with van der Waals surface area (Å²) >= 11 is 0. The molecule has 0 heterocycles. The predicted octanol–water partition coefficient (Wildman–Crippen LogP) is 5.49. The summed E-state index contributed by atoms with van der Waals surface area (Å²) in [5, 5.41) is 3.10. The Balaban J connectivity index is 2.07. The van der Waals surface area contributed by atoms with Crippen molar-refractivity contribution in [2.75, 3.05) is 18.5 Å². The number of rotatable bonds is 9. The van der Waals surface area contributed by atoms with Gasteiger partial charge >= 0.3 is 0 Å². The molecule has 2 rings (SSSR count). The summed E-state index contributed by atoms with van der Waals surface area (Å²) in [6, 6.07) is 5.86. The third kappa shape index (κ3) is 5.47. The van der Waals surface area contributed by atoms with Crippen molar-refractivity contribution in [1.82, 2.24) is 0 Å². The first-order valence-corrected chi connectivity index (χ1v) is 10.2. The van der Waals surface area contributed by atoms with E-state index in [0.717, 1.165) is 62.1 Å². The second-order valence-electron chi connectivity index (χ2n) is 7.68. The minimum Gasteiger partial charge on any atom is -0.493 e. The Morgan fingerprint density at radius 1 is 1.27 bits per heavy atom. The fraction of sp³-hybridized carbons (Fsp3) is 0.682. The van der Waals surface area contributed by atoms with Crippen LogP contribution >= 0.6 is 0 Å². The van der Waals surface area contributed by atoms with Gasteiger partial charge in [-0.1, -0.05) is 33.6 Å². The second kappa shape index (κ2) is 9.96. The van der Waals surface area contributed by atoms with Crippen LogP contribution in [0.3, 0.4) is 0 Å². The molecule has 1 amide bonds. The average Bonchev–Trinajstić information content (AvgIpc) is 2.62. The summed E-state index contributed by atoms with van der Waals surface area (Å²) in [6.07, 6.45) is 6.91. The van der Waals surface area contributed by atoms with E-state index >= 15 is 0 Å². The summed E-state index contributed by atoms with van der Waals surface area (Å²) in [5.74, 6) is 1.40. The molecule has 0 saturated heterocycles. The number of hydrogen-bond acceptors (Lipinski definition) is 3. The molecule has 2 atom stereocenters. The van der Waals surface area contributed by atoms with Gasteiger partial charge in [0.15, 0.2) is 0 Å². The Kier molecular flexibility index (Phi) is 7.95. The van der Waals surface area contributed by atoms with Crippen molar-refractivity contribution < 1.29 is 14.3 Å². The van der Waals surface area contributed by atoms with E-state index in [1.807, 2.05) is 25.1 Å². The Morgan fingerprint density at radius 2 is 2.08 bits per heavy atom. The third-order valence-corrected chi connectivity index (χ3v) is 5.14. The van der Waals surface area contributed by atoms with Crippen molar-refractivity contribution in [1.29, 1.82) is 0 Å². The first kappa shape index (κ1) is 20.8. The van der Waals surface area contributed by atoms with Crippen molar-refractivity contribution in [3.63, 3.8) is 0 Å². The van der Waals surface area contributed by atoms with Gasteiger partial charge in [-0.05, 0) is 68.7 Å². The molecule has 1 aliphatic rings. The van der Waals surface area contributed by atoms with Crippen LogP contribution in [0.4, 0.5) is 5.69 Å². The Hall–Kier alpha value is -1.55. The molecule has 0 radical (unpaired) electrons. The molecule has 1 aromatic rings. The van der Waals surface area contributed by atoms with Crippen LogP contribution in [-0.4, -0.2) is 24.7 Å². The molecular weight excluding hydrogens is 326 g/mol. The zero-order valence-corrected chi connectivity index (χ0v) is 16.9. The maximum absolute atomic E-state index is 13.1. The Morgan fingerprint density at radius 3 is 2.73 bits per heavy atom. The molecule has 26 heavy (non-hydrogen) atoms. The number of unbranched alkanes of at least 4 members (excludes halogenated alkanes) is 1. The van der Waals surface area contributed by atoms with E-state index in [2.05, 4.69) is 26.1 Å². The van der Waals surface area contributed by atoms with Crippen LogP contribution in [0.5, 0.6) is 5.75 Å². The summed E-state index contributed by atoms with van der Waals surface area (Å²) in [6.45, 7) is 9.82. The van der Waals surface area contributed by atoms with Gasteiger partial charge in [0, 0.05) is 12.3 Å². The van der Waals surface area contributed by atoms with Gasteiger partial charge in [-0.25, -0.2) is 0 Å². The highest BCUT2D eigenvalue weighted by Crippen LogP contribution is 2.36. The molecule has 1 aliphatic carbocycles. The largest absolute Gasteiger partial charge is 0.493 e. The quantitative estimate of drug-likeness (QED) is 0.592. The molecule has 1 saturated carbocycles. The van der Waals surface area contributed by atoms with Crippen molar-refractivity contribution >= 4 is 11.6 Å². The van der Waals surface area contributed by atoms with Crippen molar-refractivity contribution in [2.24, 2.45) is 5.92 Å². The van der Waals surface area contributed by atoms with E-state index in [4.69, 9.17) is 9.47 Å². The van der Waals surface area contributed by atoms with Gasteiger partial charge in [-0.2, -0.15) is 0 Å². The predicted molar refractivity (Wildman–Crippen MR) is 107 cm³/mol. The number of amides is 1. The number of ether oxygens (including phenoxy) is 2. The average molecular weight is 362 g/mol. The number of benzene rings is 1. The molecule has 4 heteroatoms. The van der Waals surface area contributed by atoms with Gasteiger partial charge in [0.1, 0.15) is 11.4 Å². The smallest absolute Gasteiger partial charge is 0.256 e. The summed E-state index contributed by atoms with van der Waals surface area (Å²) < 4.78 is 11.9. The van der Waals surface area contributed by atoms with Crippen molar-refractivity contribution in [2.45, 2.75) is 78.2 Å². The SMILES string of the molecule is CCCCOc1ccc(NC(=O)[C@]2(OCCC)CCC[C@H](C)C2)cc1C. The molecule has 4 nitrogen and oxygen atoms in total. The zero-order chi connectivity index (χ0) is 19.0. The molecule has 1 fully saturated rings. The van der Waals surface area contributed by atoms with Crippen LogP contribution in [0.2, 0.25) is 0 Å². The van der Waals surface area contributed by atoms with Crippen LogP contribution in [-0.2, 0) is 9.53 Å². The number of nitrogens with one attached hydrogen (secondary N) is 1. The lowest BCUT2D eigenvalue weighted by Gasteiger charge is -2.38. The van der Waals surface area contributed by atoms with E-state index in [1.165, 1.54) is 6.42 Å². The summed E-state index contributed by atoms with van der Waals surface area (Å²) in [5.41, 5.74) is 1.17. The van der Waals surface area contributed by atoms with Crippen molar-refractivity contribution in [3.8, 4) is 5.75 Å². The third-order valence-electron chi connectivity index (χ3n) is 5.14. The topological polar surface area (TPSA) is 47.6 Å². The van der Waals surface area contributed by atoms with Crippen molar-refractivity contribution in [3.05, 3.63) is 23.8 Å².